The van der Waals surface area contributed by atoms with Gasteiger partial charge in [0.05, 0.1) is 0 Å². The van der Waals surface area contributed by atoms with Gasteiger partial charge in [-0.2, -0.15) is 0 Å². The van der Waals surface area contributed by atoms with Crippen molar-refractivity contribution in [2.24, 2.45) is 10.9 Å². The highest BCUT2D eigenvalue weighted by Gasteiger charge is 2.33. The van der Waals surface area contributed by atoms with E-state index in [1.165, 1.54) is 18.6 Å². The lowest BCUT2D eigenvalue weighted by Gasteiger charge is -2.10. The Balaban J connectivity index is 1.78. The molecule has 1 aliphatic rings. The lowest BCUT2D eigenvalue weighted by atomic mass is 10.1. The molecule has 1 aromatic heterocycles. The smallest absolute Gasteiger partial charge is 0.191 e. The maximum atomic E-state index is 13.3. The second kappa shape index (κ2) is 5.99. The summed E-state index contributed by atoms with van der Waals surface area (Å²) in [6.07, 6.45) is 1.19. The third-order valence-corrected chi connectivity index (χ3v) is 4.15. The van der Waals surface area contributed by atoms with E-state index in [1.54, 1.807) is 6.07 Å². The van der Waals surface area contributed by atoms with Gasteiger partial charge in [-0.1, -0.05) is 6.92 Å². The predicted molar refractivity (Wildman–Crippen MR) is 86.4 cm³/mol. The zero-order valence-corrected chi connectivity index (χ0v) is 13.2. The minimum absolute atomic E-state index is 0.246. The first kappa shape index (κ1) is 14.9. The van der Waals surface area contributed by atoms with Crippen LogP contribution < -0.4 is 10.6 Å². The van der Waals surface area contributed by atoms with E-state index in [-0.39, 0.29) is 5.82 Å². The Morgan fingerprint density at radius 1 is 1.45 bits per heavy atom. The monoisotopic (exact) mass is 303 g/mol. The van der Waals surface area contributed by atoms with Crippen molar-refractivity contribution < 1.29 is 8.81 Å². The first-order valence-electron chi connectivity index (χ1n) is 7.81. The van der Waals surface area contributed by atoms with E-state index < -0.39 is 0 Å². The van der Waals surface area contributed by atoms with Gasteiger partial charge in [-0.05, 0) is 44.4 Å². The number of hydrogen-bond acceptors (Lipinski definition) is 2. The van der Waals surface area contributed by atoms with Gasteiger partial charge < -0.3 is 15.1 Å². The Morgan fingerprint density at radius 3 is 2.91 bits per heavy atom. The molecule has 4 nitrogen and oxygen atoms in total. The van der Waals surface area contributed by atoms with Crippen molar-refractivity contribution in [3.8, 4) is 0 Å². The Hall–Kier alpha value is -2.04. The fourth-order valence-corrected chi connectivity index (χ4v) is 2.56. The van der Waals surface area contributed by atoms with Crippen LogP contribution in [0.5, 0.6) is 0 Å². The normalized spacial score (nSPS) is 21.2. The van der Waals surface area contributed by atoms with E-state index in [0.717, 1.165) is 29.2 Å². The molecule has 118 valence electrons. The molecule has 0 spiro atoms. The molecule has 5 heteroatoms. The van der Waals surface area contributed by atoms with Gasteiger partial charge in [-0.15, -0.1) is 0 Å². The average Bonchev–Trinajstić information content (AvgIpc) is 3.09. The number of rotatable bonds is 4. The summed E-state index contributed by atoms with van der Waals surface area (Å²) in [6.45, 7) is 7.47. The average molecular weight is 303 g/mol. The SMILES string of the molecule is CCNC(=NCc1oc2ccc(F)cc2c1C)NC1CC1C. The van der Waals surface area contributed by atoms with Crippen LogP contribution in [0, 0.1) is 18.7 Å². The van der Waals surface area contributed by atoms with Crippen molar-refractivity contribution in [1.29, 1.82) is 0 Å². The molecule has 1 aromatic carbocycles. The number of guanidine groups is 1. The van der Waals surface area contributed by atoms with Crippen LogP contribution in [0.3, 0.4) is 0 Å². The second-order valence-corrected chi connectivity index (χ2v) is 5.95. The van der Waals surface area contributed by atoms with Crippen LogP contribution in [0.1, 0.15) is 31.6 Å². The van der Waals surface area contributed by atoms with Crippen molar-refractivity contribution in [3.05, 3.63) is 35.3 Å². The van der Waals surface area contributed by atoms with Gasteiger partial charge in [0.15, 0.2) is 5.96 Å². The molecule has 0 saturated heterocycles. The number of fused-ring (bicyclic) bond motifs is 1. The van der Waals surface area contributed by atoms with Crippen LogP contribution in [0.25, 0.3) is 11.0 Å². The molecule has 2 N–H and O–H groups in total. The number of aliphatic imine (C=N–C) groups is 1. The van der Waals surface area contributed by atoms with Gasteiger partial charge in [0.1, 0.15) is 23.7 Å². The van der Waals surface area contributed by atoms with E-state index in [0.29, 0.717) is 24.1 Å². The van der Waals surface area contributed by atoms with Gasteiger partial charge in [0.2, 0.25) is 0 Å². The molecule has 1 aliphatic carbocycles. The van der Waals surface area contributed by atoms with Crippen molar-refractivity contribution in [1.82, 2.24) is 10.6 Å². The minimum atomic E-state index is -0.246. The summed E-state index contributed by atoms with van der Waals surface area (Å²) in [5, 5.41) is 7.47. The third kappa shape index (κ3) is 3.08. The Morgan fingerprint density at radius 2 is 2.23 bits per heavy atom. The van der Waals surface area contributed by atoms with Gasteiger partial charge in [0, 0.05) is 23.5 Å². The molecular weight excluding hydrogens is 281 g/mol. The summed E-state index contributed by atoms with van der Waals surface area (Å²) < 4.78 is 19.1. The van der Waals surface area contributed by atoms with Gasteiger partial charge in [-0.3, -0.25) is 0 Å². The van der Waals surface area contributed by atoms with E-state index in [4.69, 9.17) is 4.42 Å². The van der Waals surface area contributed by atoms with Gasteiger partial charge >= 0.3 is 0 Å². The lowest BCUT2D eigenvalue weighted by molar-refractivity contribution is 0.547. The van der Waals surface area contributed by atoms with Crippen molar-refractivity contribution in [3.63, 3.8) is 0 Å². The molecule has 2 atom stereocenters. The number of hydrogen-bond donors (Lipinski definition) is 2. The highest BCUT2D eigenvalue weighted by Crippen LogP contribution is 2.29. The van der Waals surface area contributed by atoms with Crippen molar-refractivity contribution in [2.45, 2.75) is 39.8 Å². The highest BCUT2D eigenvalue weighted by molar-refractivity contribution is 5.83. The molecule has 1 fully saturated rings. The van der Waals surface area contributed by atoms with Gasteiger partial charge in [-0.25, -0.2) is 9.38 Å². The highest BCUT2D eigenvalue weighted by atomic mass is 19.1. The first-order chi connectivity index (χ1) is 10.6. The molecular formula is C17H22FN3O. The van der Waals surface area contributed by atoms with Crippen molar-refractivity contribution in [2.75, 3.05) is 6.54 Å². The fraction of sp³-hybridized carbons (Fsp3) is 0.471. The van der Waals surface area contributed by atoms with Crippen molar-refractivity contribution >= 4 is 16.9 Å². The third-order valence-electron chi connectivity index (χ3n) is 4.15. The van der Waals surface area contributed by atoms with Gasteiger partial charge in [0.25, 0.3) is 0 Å². The molecule has 1 saturated carbocycles. The maximum Gasteiger partial charge on any atom is 0.191 e. The molecule has 3 rings (SSSR count). The molecule has 22 heavy (non-hydrogen) atoms. The van der Waals surface area contributed by atoms with E-state index in [2.05, 4.69) is 22.5 Å². The Labute approximate surface area is 129 Å². The minimum Gasteiger partial charge on any atom is -0.459 e. The fourth-order valence-electron chi connectivity index (χ4n) is 2.56. The standard InChI is InChI=1S/C17H22FN3O/c1-4-19-17(21-14-7-10(14)2)20-9-16-11(3)13-8-12(18)5-6-15(13)22-16/h5-6,8,10,14H,4,7,9H2,1-3H3,(H2,19,20,21). The summed E-state index contributed by atoms with van der Waals surface area (Å²) in [7, 11) is 0. The number of benzene rings is 1. The molecule has 0 bridgehead atoms. The molecule has 0 aliphatic heterocycles. The summed E-state index contributed by atoms with van der Waals surface area (Å²) in [5.74, 6) is 2.05. The summed E-state index contributed by atoms with van der Waals surface area (Å²) >= 11 is 0. The molecule has 2 unspecified atom stereocenters. The number of aryl methyl sites for hydroxylation is 1. The predicted octanol–water partition coefficient (Wildman–Crippen LogP) is 3.34. The summed E-state index contributed by atoms with van der Waals surface area (Å²) in [4.78, 5) is 4.58. The van der Waals surface area contributed by atoms with Crippen LogP contribution in [-0.2, 0) is 6.54 Å². The zero-order chi connectivity index (χ0) is 15.7. The molecule has 0 amide bonds. The summed E-state index contributed by atoms with van der Waals surface area (Å²) in [6, 6.07) is 5.11. The Bertz CT molecular complexity index is 707. The molecule has 2 aromatic rings. The number of halogens is 1. The lowest BCUT2D eigenvalue weighted by Crippen LogP contribution is -2.39. The topological polar surface area (TPSA) is 49.6 Å². The van der Waals surface area contributed by atoms with Crippen LogP contribution in [0.4, 0.5) is 4.39 Å². The van der Waals surface area contributed by atoms with E-state index >= 15 is 0 Å². The van der Waals surface area contributed by atoms with Crippen LogP contribution in [0.15, 0.2) is 27.6 Å². The maximum absolute atomic E-state index is 13.3. The largest absolute Gasteiger partial charge is 0.459 e. The number of nitrogens with zero attached hydrogens (tertiary/aromatic N) is 1. The van der Waals surface area contributed by atoms with Crippen LogP contribution >= 0.6 is 0 Å². The van der Waals surface area contributed by atoms with Crippen LogP contribution in [0.2, 0.25) is 0 Å². The van der Waals surface area contributed by atoms with E-state index in [9.17, 15) is 4.39 Å². The first-order valence-corrected chi connectivity index (χ1v) is 7.81. The molecule has 1 heterocycles. The number of nitrogens with one attached hydrogen (secondary N) is 2. The quantitative estimate of drug-likeness (QED) is 0.673. The van der Waals surface area contributed by atoms with E-state index in [1.807, 2.05) is 13.8 Å². The second-order valence-electron chi connectivity index (χ2n) is 5.95. The summed E-state index contributed by atoms with van der Waals surface area (Å²) in [5.41, 5.74) is 1.66. The molecule has 0 radical (unpaired) electrons. The zero-order valence-electron chi connectivity index (χ0n) is 13.2. The number of furan rings is 1. The van der Waals surface area contributed by atoms with Crippen LogP contribution in [-0.4, -0.2) is 18.5 Å². The Kier molecular flexibility index (Phi) is 4.05.